The number of aliphatic imine (C=N–C) groups is 1. The Morgan fingerprint density at radius 3 is 2.25 bits per heavy atom. The van der Waals surface area contributed by atoms with E-state index < -0.39 is 0 Å². The Morgan fingerprint density at radius 2 is 1.68 bits per heavy atom. The molecule has 0 aliphatic carbocycles. The fourth-order valence-corrected chi connectivity index (χ4v) is 3.98. The highest BCUT2D eigenvalue weighted by Crippen LogP contribution is 2.20. The van der Waals surface area contributed by atoms with Gasteiger partial charge in [0.05, 0.1) is 6.54 Å². The zero-order chi connectivity index (χ0) is 19.5. The van der Waals surface area contributed by atoms with Crippen molar-refractivity contribution >= 4 is 35.8 Å². The van der Waals surface area contributed by atoms with Gasteiger partial charge in [0.25, 0.3) is 0 Å². The molecule has 0 aromatic rings. The van der Waals surface area contributed by atoms with E-state index in [0.29, 0.717) is 12.6 Å². The summed E-state index contributed by atoms with van der Waals surface area (Å²) in [5.74, 6) is 1.88. The second kappa shape index (κ2) is 14.4. The normalized spacial score (nSPS) is 20.5. The maximum atomic E-state index is 11.5. The zero-order valence-electron chi connectivity index (χ0n) is 18.0. The van der Waals surface area contributed by atoms with Crippen LogP contribution in [0.3, 0.4) is 0 Å². The molecule has 7 nitrogen and oxygen atoms in total. The van der Waals surface area contributed by atoms with Crippen LogP contribution in [0.15, 0.2) is 4.99 Å². The van der Waals surface area contributed by atoms with Crippen molar-refractivity contribution in [3.63, 3.8) is 0 Å². The summed E-state index contributed by atoms with van der Waals surface area (Å²) < 4.78 is 0. The van der Waals surface area contributed by atoms with Gasteiger partial charge in [0.1, 0.15) is 0 Å². The molecule has 0 saturated carbocycles. The highest BCUT2D eigenvalue weighted by Gasteiger charge is 2.21. The van der Waals surface area contributed by atoms with Gasteiger partial charge in [0.15, 0.2) is 5.96 Å². The number of rotatable bonds is 8. The Hall–Kier alpha value is -0.610. The number of nitrogens with zero attached hydrogens (tertiary/aromatic N) is 3. The van der Waals surface area contributed by atoms with Gasteiger partial charge < -0.3 is 20.9 Å². The summed E-state index contributed by atoms with van der Waals surface area (Å²) in [5, 5.41) is 9.69. The van der Waals surface area contributed by atoms with Crippen LogP contribution in [0.1, 0.15) is 46.0 Å². The van der Waals surface area contributed by atoms with E-state index in [4.69, 9.17) is 4.99 Å². The first-order valence-corrected chi connectivity index (χ1v) is 10.8. The minimum absolute atomic E-state index is 0. The third kappa shape index (κ3) is 9.26. The molecule has 0 unspecified atom stereocenters. The number of likely N-dealkylation sites (tertiary alicyclic amines) is 2. The molecule has 0 aromatic heterocycles. The molecule has 2 aliphatic heterocycles. The second-order valence-electron chi connectivity index (χ2n) is 7.79. The lowest BCUT2D eigenvalue weighted by Gasteiger charge is -2.32. The summed E-state index contributed by atoms with van der Waals surface area (Å²) >= 11 is 0. The number of amides is 1. The topological polar surface area (TPSA) is 72.0 Å². The molecule has 0 aromatic carbocycles. The SMILES string of the molecule is CCNC(=NCCC1CCN(CC)CC1)NC1CCN(CC(=O)NC)CC1.I. The predicted octanol–water partition coefficient (Wildman–Crippen LogP) is 1.49. The van der Waals surface area contributed by atoms with Crippen LogP contribution in [0.4, 0.5) is 0 Å². The monoisotopic (exact) mass is 508 g/mol. The number of nitrogens with one attached hydrogen (secondary N) is 3. The molecule has 2 fully saturated rings. The number of carbonyl (C=O) groups excluding carboxylic acids is 1. The molecule has 3 N–H and O–H groups in total. The van der Waals surface area contributed by atoms with Crippen LogP contribution in [0.5, 0.6) is 0 Å². The van der Waals surface area contributed by atoms with Crippen LogP contribution in [0, 0.1) is 5.92 Å². The van der Waals surface area contributed by atoms with Crippen molar-refractivity contribution in [2.24, 2.45) is 10.9 Å². The molecule has 0 bridgehead atoms. The number of likely N-dealkylation sites (N-methyl/N-ethyl adjacent to an activating group) is 1. The molecule has 0 spiro atoms. The molecule has 28 heavy (non-hydrogen) atoms. The van der Waals surface area contributed by atoms with E-state index >= 15 is 0 Å². The quantitative estimate of drug-likeness (QED) is 0.263. The molecule has 2 rings (SSSR count). The van der Waals surface area contributed by atoms with Crippen molar-refractivity contribution in [1.29, 1.82) is 0 Å². The third-order valence-electron chi connectivity index (χ3n) is 5.88. The Labute approximate surface area is 188 Å². The van der Waals surface area contributed by atoms with Crippen LogP contribution in [-0.2, 0) is 4.79 Å². The maximum absolute atomic E-state index is 11.5. The van der Waals surface area contributed by atoms with Crippen LogP contribution in [0.2, 0.25) is 0 Å². The average Bonchev–Trinajstić information content (AvgIpc) is 2.70. The molecule has 2 aliphatic rings. The van der Waals surface area contributed by atoms with Crippen LogP contribution < -0.4 is 16.0 Å². The van der Waals surface area contributed by atoms with E-state index in [1.807, 2.05) is 0 Å². The average molecular weight is 508 g/mol. The Morgan fingerprint density at radius 1 is 1.04 bits per heavy atom. The van der Waals surface area contributed by atoms with E-state index in [2.05, 4.69) is 39.6 Å². The lowest BCUT2D eigenvalue weighted by molar-refractivity contribution is -0.122. The Kier molecular flexibility index (Phi) is 13.1. The maximum Gasteiger partial charge on any atom is 0.233 e. The first-order chi connectivity index (χ1) is 13.1. The van der Waals surface area contributed by atoms with Crippen molar-refractivity contribution in [3.8, 4) is 0 Å². The van der Waals surface area contributed by atoms with Gasteiger partial charge in [-0.3, -0.25) is 14.7 Å². The molecule has 0 radical (unpaired) electrons. The molecule has 0 atom stereocenters. The molecule has 2 saturated heterocycles. The van der Waals surface area contributed by atoms with Crippen molar-refractivity contribution in [2.45, 2.75) is 52.0 Å². The summed E-state index contributed by atoms with van der Waals surface area (Å²) in [5.41, 5.74) is 0. The van der Waals surface area contributed by atoms with Gasteiger partial charge in [-0.15, -0.1) is 24.0 Å². The minimum atomic E-state index is 0. The molecular weight excluding hydrogens is 467 g/mol. The zero-order valence-corrected chi connectivity index (χ0v) is 20.3. The number of piperidine rings is 2. The van der Waals surface area contributed by atoms with Crippen LogP contribution in [0.25, 0.3) is 0 Å². The largest absolute Gasteiger partial charge is 0.358 e. The van der Waals surface area contributed by atoms with Gasteiger partial charge >= 0.3 is 0 Å². The fourth-order valence-electron chi connectivity index (χ4n) is 3.98. The fraction of sp³-hybridized carbons (Fsp3) is 0.900. The van der Waals surface area contributed by atoms with E-state index in [1.165, 1.54) is 38.9 Å². The minimum Gasteiger partial charge on any atom is -0.358 e. The summed E-state index contributed by atoms with van der Waals surface area (Å²) in [7, 11) is 1.70. The lowest BCUT2D eigenvalue weighted by Crippen LogP contribution is -2.50. The first kappa shape index (κ1) is 25.4. The van der Waals surface area contributed by atoms with E-state index in [1.54, 1.807) is 7.05 Å². The summed E-state index contributed by atoms with van der Waals surface area (Å²) in [6.45, 7) is 12.3. The summed E-state index contributed by atoms with van der Waals surface area (Å²) in [6.07, 6.45) is 5.93. The standard InChI is InChI=1S/C20H40N6O.HI/c1-4-22-20(23-11-6-17-7-12-25(5-2)13-8-17)24-18-9-14-26(15-10-18)16-19(27)21-3;/h17-18H,4-16H2,1-3H3,(H,21,27)(H2,22,23,24);1H. The third-order valence-corrected chi connectivity index (χ3v) is 5.88. The van der Waals surface area contributed by atoms with Crippen molar-refractivity contribution in [2.75, 3.05) is 59.4 Å². The van der Waals surface area contributed by atoms with E-state index in [-0.39, 0.29) is 29.9 Å². The summed E-state index contributed by atoms with van der Waals surface area (Å²) in [4.78, 5) is 21.1. The van der Waals surface area contributed by atoms with Gasteiger partial charge in [-0.05, 0) is 64.6 Å². The van der Waals surface area contributed by atoms with Crippen LogP contribution >= 0.6 is 24.0 Å². The van der Waals surface area contributed by atoms with Crippen molar-refractivity contribution in [1.82, 2.24) is 25.8 Å². The Bertz CT molecular complexity index is 460. The summed E-state index contributed by atoms with van der Waals surface area (Å²) in [6, 6.07) is 0.441. The molecular formula is C20H41IN6O. The smallest absolute Gasteiger partial charge is 0.233 e. The molecule has 1 amide bonds. The number of halogens is 1. The van der Waals surface area contributed by atoms with Gasteiger partial charge in [-0.25, -0.2) is 0 Å². The van der Waals surface area contributed by atoms with E-state index in [0.717, 1.165) is 50.9 Å². The van der Waals surface area contributed by atoms with Crippen molar-refractivity contribution in [3.05, 3.63) is 0 Å². The predicted molar refractivity (Wildman–Crippen MR) is 128 cm³/mol. The van der Waals surface area contributed by atoms with Crippen LogP contribution in [-0.4, -0.2) is 87.1 Å². The molecule has 8 heteroatoms. The second-order valence-corrected chi connectivity index (χ2v) is 7.79. The highest BCUT2D eigenvalue weighted by atomic mass is 127. The highest BCUT2D eigenvalue weighted by molar-refractivity contribution is 14.0. The molecule has 164 valence electrons. The number of hydrogen-bond acceptors (Lipinski definition) is 4. The number of hydrogen-bond donors (Lipinski definition) is 3. The van der Waals surface area contributed by atoms with Gasteiger partial charge in [-0.2, -0.15) is 0 Å². The molecule has 2 heterocycles. The van der Waals surface area contributed by atoms with E-state index in [9.17, 15) is 4.79 Å². The van der Waals surface area contributed by atoms with Gasteiger partial charge in [0, 0.05) is 39.3 Å². The van der Waals surface area contributed by atoms with Gasteiger partial charge in [0.2, 0.25) is 5.91 Å². The number of carbonyl (C=O) groups is 1. The lowest BCUT2D eigenvalue weighted by atomic mass is 9.94. The number of guanidine groups is 1. The van der Waals surface area contributed by atoms with Crippen molar-refractivity contribution < 1.29 is 4.79 Å². The van der Waals surface area contributed by atoms with Gasteiger partial charge in [-0.1, -0.05) is 6.92 Å². The first-order valence-electron chi connectivity index (χ1n) is 10.8. The Balaban J connectivity index is 0.00000392.